The van der Waals surface area contributed by atoms with Crippen LogP contribution in [0.2, 0.25) is 0 Å². The van der Waals surface area contributed by atoms with Crippen LogP contribution in [0.1, 0.15) is 44.6 Å². The molecule has 4 heteroatoms. The van der Waals surface area contributed by atoms with Gasteiger partial charge in [-0.05, 0) is 43.9 Å². The Morgan fingerprint density at radius 2 is 1.95 bits per heavy atom. The Hall–Kier alpha value is -1.71. The molecule has 0 radical (unpaired) electrons. The van der Waals surface area contributed by atoms with Gasteiger partial charge in [0.15, 0.2) is 11.5 Å². The number of rotatable bonds is 4. The molecule has 4 nitrogen and oxygen atoms in total. The average Bonchev–Trinajstić information content (AvgIpc) is 3.02. The summed E-state index contributed by atoms with van der Waals surface area (Å²) in [5.74, 6) is 2.17. The van der Waals surface area contributed by atoms with E-state index in [1.807, 2.05) is 24.1 Å². The minimum absolute atomic E-state index is 0.190. The Balaban J connectivity index is 1.60. The topological polar surface area (TPSA) is 38.8 Å². The predicted octanol–water partition coefficient (Wildman–Crippen LogP) is 3.39. The van der Waals surface area contributed by atoms with E-state index in [2.05, 4.69) is 13.0 Å². The number of hydrogen-bond donors (Lipinski definition) is 0. The first kappa shape index (κ1) is 15.2. The fourth-order valence-electron chi connectivity index (χ4n) is 3.40. The van der Waals surface area contributed by atoms with E-state index >= 15 is 0 Å². The van der Waals surface area contributed by atoms with Crippen molar-refractivity contribution >= 4 is 5.91 Å². The number of likely N-dealkylation sites (N-methyl/N-ethyl adjacent to an activating group) is 1. The first-order valence-corrected chi connectivity index (χ1v) is 8.30. The van der Waals surface area contributed by atoms with Gasteiger partial charge in [0.1, 0.15) is 0 Å². The van der Waals surface area contributed by atoms with Crippen LogP contribution in [0, 0.1) is 5.92 Å². The van der Waals surface area contributed by atoms with Gasteiger partial charge in [0.05, 0.1) is 0 Å². The van der Waals surface area contributed by atoms with Crippen LogP contribution < -0.4 is 9.47 Å². The van der Waals surface area contributed by atoms with Gasteiger partial charge < -0.3 is 14.4 Å². The number of benzene rings is 1. The molecule has 22 heavy (non-hydrogen) atoms. The van der Waals surface area contributed by atoms with Gasteiger partial charge in [0, 0.05) is 19.0 Å². The van der Waals surface area contributed by atoms with Crippen LogP contribution in [0.15, 0.2) is 18.2 Å². The van der Waals surface area contributed by atoms with Crippen molar-refractivity contribution in [3.05, 3.63) is 23.8 Å². The number of hydrogen-bond acceptors (Lipinski definition) is 3. The van der Waals surface area contributed by atoms with Crippen LogP contribution in [0.4, 0.5) is 0 Å². The standard InChI is InChI=1S/C18H25NO3/c1-13(19(2)18(20)15-6-4-3-5-7-15)10-14-8-9-16-17(11-14)22-12-21-16/h8-9,11,13,15H,3-7,10,12H2,1-2H3. The van der Waals surface area contributed by atoms with Gasteiger partial charge in [-0.25, -0.2) is 0 Å². The Morgan fingerprint density at radius 3 is 2.73 bits per heavy atom. The fourth-order valence-corrected chi connectivity index (χ4v) is 3.40. The molecule has 1 saturated carbocycles. The predicted molar refractivity (Wildman–Crippen MR) is 85.1 cm³/mol. The van der Waals surface area contributed by atoms with Crippen LogP contribution in [-0.4, -0.2) is 30.7 Å². The molecule has 0 saturated heterocycles. The monoisotopic (exact) mass is 303 g/mol. The van der Waals surface area contributed by atoms with Crippen LogP contribution >= 0.6 is 0 Å². The maximum atomic E-state index is 12.6. The summed E-state index contributed by atoms with van der Waals surface area (Å²) in [6.45, 7) is 2.42. The zero-order valence-corrected chi connectivity index (χ0v) is 13.5. The molecule has 1 atom stereocenters. The fraction of sp³-hybridized carbons (Fsp3) is 0.611. The van der Waals surface area contributed by atoms with Crippen molar-refractivity contribution in [1.82, 2.24) is 4.90 Å². The summed E-state index contributed by atoms with van der Waals surface area (Å²) in [6.07, 6.45) is 6.62. The quantitative estimate of drug-likeness (QED) is 0.856. The van der Waals surface area contributed by atoms with Crippen molar-refractivity contribution in [1.29, 1.82) is 0 Å². The van der Waals surface area contributed by atoms with Gasteiger partial charge >= 0.3 is 0 Å². The minimum Gasteiger partial charge on any atom is -0.454 e. The van der Waals surface area contributed by atoms with E-state index in [0.29, 0.717) is 12.7 Å². The summed E-state index contributed by atoms with van der Waals surface area (Å²) in [7, 11) is 1.94. The summed E-state index contributed by atoms with van der Waals surface area (Å²) in [4.78, 5) is 14.5. The Labute approximate surface area is 132 Å². The highest BCUT2D eigenvalue weighted by Crippen LogP contribution is 2.33. The highest BCUT2D eigenvalue weighted by atomic mass is 16.7. The largest absolute Gasteiger partial charge is 0.454 e. The van der Waals surface area contributed by atoms with E-state index in [9.17, 15) is 4.79 Å². The maximum Gasteiger partial charge on any atom is 0.231 e. The molecule has 0 aromatic heterocycles. The number of nitrogens with zero attached hydrogens (tertiary/aromatic N) is 1. The zero-order chi connectivity index (χ0) is 15.5. The second kappa shape index (κ2) is 6.59. The van der Waals surface area contributed by atoms with Crippen molar-refractivity contribution in [3.63, 3.8) is 0 Å². The van der Waals surface area contributed by atoms with E-state index in [4.69, 9.17) is 9.47 Å². The molecule has 0 spiro atoms. The van der Waals surface area contributed by atoms with Gasteiger partial charge in [-0.2, -0.15) is 0 Å². The van der Waals surface area contributed by atoms with Crippen LogP contribution in [-0.2, 0) is 11.2 Å². The molecule has 1 aromatic rings. The zero-order valence-electron chi connectivity index (χ0n) is 13.5. The number of fused-ring (bicyclic) bond motifs is 1. The summed E-state index contributed by atoms with van der Waals surface area (Å²) in [5.41, 5.74) is 1.18. The summed E-state index contributed by atoms with van der Waals surface area (Å²) in [6, 6.07) is 6.23. The second-order valence-electron chi connectivity index (χ2n) is 6.52. The molecule has 120 valence electrons. The molecular formula is C18H25NO3. The first-order valence-electron chi connectivity index (χ1n) is 8.30. The van der Waals surface area contributed by atoms with E-state index in [-0.39, 0.29) is 12.0 Å². The third-order valence-corrected chi connectivity index (χ3v) is 4.93. The van der Waals surface area contributed by atoms with Crippen LogP contribution in [0.25, 0.3) is 0 Å². The second-order valence-corrected chi connectivity index (χ2v) is 6.52. The number of carbonyl (C=O) groups excluding carboxylic acids is 1. The highest BCUT2D eigenvalue weighted by Gasteiger charge is 2.26. The lowest BCUT2D eigenvalue weighted by atomic mass is 9.88. The summed E-state index contributed by atoms with van der Waals surface area (Å²) < 4.78 is 10.8. The van der Waals surface area contributed by atoms with Gasteiger partial charge in [0.25, 0.3) is 0 Å². The minimum atomic E-state index is 0.190. The normalized spacial score (nSPS) is 19.0. The van der Waals surface area contributed by atoms with E-state index in [0.717, 1.165) is 30.8 Å². The first-order chi connectivity index (χ1) is 10.6. The van der Waals surface area contributed by atoms with Gasteiger partial charge in [-0.1, -0.05) is 25.3 Å². The molecule has 1 heterocycles. The van der Waals surface area contributed by atoms with Gasteiger partial charge in [-0.3, -0.25) is 4.79 Å². The molecule has 1 fully saturated rings. The maximum absolute atomic E-state index is 12.6. The third-order valence-electron chi connectivity index (χ3n) is 4.93. The van der Waals surface area contributed by atoms with Crippen molar-refractivity contribution in [2.75, 3.05) is 13.8 Å². The van der Waals surface area contributed by atoms with Crippen molar-refractivity contribution in [3.8, 4) is 11.5 Å². The number of amides is 1. The van der Waals surface area contributed by atoms with Crippen LogP contribution in [0.3, 0.4) is 0 Å². The van der Waals surface area contributed by atoms with Gasteiger partial charge in [-0.15, -0.1) is 0 Å². The molecule has 1 aliphatic heterocycles. The highest BCUT2D eigenvalue weighted by molar-refractivity contribution is 5.79. The van der Waals surface area contributed by atoms with Crippen molar-refractivity contribution in [2.45, 2.75) is 51.5 Å². The molecule has 1 aliphatic carbocycles. The molecule has 0 N–H and O–H groups in total. The summed E-state index contributed by atoms with van der Waals surface area (Å²) in [5, 5.41) is 0. The molecule has 0 bridgehead atoms. The molecule has 2 aliphatic rings. The van der Waals surface area contributed by atoms with Crippen molar-refractivity contribution in [2.24, 2.45) is 5.92 Å². The molecule has 3 rings (SSSR count). The lowest BCUT2D eigenvalue weighted by molar-refractivity contribution is -0.137. The smallest absolute Gasteiger partial charge is 0.231 e. The Bertz CT molecular complexity index is 537. The third kappa shape index (κ3) is 3.21. The summed E-state index contributed by atoms with van der Waals surface area (Å²) >= 11 is 0. The van der Waals surface area contributed by atoms with E-state index in [1.165, 1.54) is 24.8 Å². The SMILES string of the molecule is CC(Cc1ccc2c(c1)OCO2)N(C)C(=O)C1CCCCC1. The van der Waals surface area contributed by atoms with Crippen LogP contribution in [0.5, 0.6) is 11.5 Å². The number of carbonyl (C=O) groups is 1. The molecule has 1 amide bonds. The lowest BCUT2D eigenvalue weighted by Crippen LogP contribution is -2.40. The lowest BCUT2D eigenvalue weighted by Gasteiger charge is -2.31. The van der Waals surface area contributed by atoms with Gasteiger partial charge in [0.2, 0.25) is 12.7 Å². The molecular weight excluding hydrogens is 278 g/mol. The average molecular weight is 303 g/mol. The molecule has 1 aromatic carbocycles. The number of ether oxygens (including phenoxy) is 2. The van der Waals surface area contributed by atoms with Crippen molar-refractivity contribution < 1.29 is 14.3 Å². The Morgan fingerprint density at radius 1 is 1.23 bits per heavy atom. The molecule has 1 unspecified atom stereocenters. The van der Waals surface area contributed by atoms with E-state index in [1.54, 1.807) is 0 Å². The van der Waals surface area contributed by atoms with E-state index < -0.39 is 0 Å². The Kier molecular flexibility index (Phi) is 4.55.